The number of nitrogens with zero attached hydrogens (tertiary/aromatic N) is 1. The van der Waals surface area contributed by atoms with Crippen LogP contribution in [0.3, 0.4) is 0 Å². The number of amides is 2. The quantitative estimate of drug-likeness (QED) is 0.907. The van der Waals surface area contributed by atoms with E-state index in [1.807, 2.05) is 24.3 Å². The van der Waals surface area contributed by atoms with Gasteiger partial charge in [0.15, 0.2) is 0 Å². The number of nitrogens with one attached hydrogen (secondary N) is 2. The Labute approximate surface area is 121 Å². The van der Waals surface area contributed by atoms with Crippen LogP contribution in [0.15, 0.2) is 24.3 Å². The Morgan fingerprint density at radius 2 is 2.30 bits per heavy atom. The Kier molecular flexibility index (Phi) is 4.13. The summed E-state index contributed by atoms with van der Waals surface area (Å²) < 4.78 is 6.42. The van der Waals surface area contributed by atoms with Gasteiger partial charge in [0.2, 0.25) is 0 Å². The molecule has 0 radical (unpaired) electrons. The second-order valence-corrected chi connectivity index (χ2v) is 5.98. The SMILES string of the molecule is O=C(NCc1nc2ccccc2s1)NCC1CCOC1. The minimum Gasteiger partial charge on any atom is -0.381 e. The number of aromatic nitrogens is 1. The first-order chi connectivity index (χ1) is 9.81. The first-order valence-corrected chi connectivity index (χ1v) is 7.57. The third-order valence-electron chi connectivity index (χ3n) is 3.31. The molecule has 1 saturated heterocycles. The molecule has 1 fully saturated rings. The topological polar surface area (TPSA) is 63.2 Å². The highest BCUT2D eigenvalue weighted by molar-refractivity contribution is 7.18. The van der Waals surface area contributed by atoms with Gasteiger partial charge in [-0.25, -0.2) is 9.78 Å². The molecule has 0 spiro atoms. The molecule has 0 bridgehead atoms. The highest BCUT2D eigenvalue weighted by Crippen LogP contribution is 2.21. The number of benzene rings is 1. The van der Waals surface area contributed by atoms with E-state index in [9.17, 15) is 4.79 Å². The lowest BCUT2D eigenvalue weighted by molar-refractivity contribution is 0.185. The fourth-order valence-corrected chi connectivity index (χ4v) is 3.10. The standard InChI is InChI=1S/C14H17N3O2S/c18-14(15-7-10-5-6-19-9-10)16-8-13-17-11-3-1-2-4-12(11)20-13/h1-4,10H,5-9H2,(H2,15,16,18). The molecule has 1 unspecified atom stereocenters. The number of thiazole rings is 1. The lowest BCUT2D eigenvalue weighted by Crippen LogP contribution is -2.38. The lowest BCUT2D eigenvalue weighted by atomic mass is 10.1. The van der Waals surface area contributed by atoms with Crippen molar-refractivity contribution in [3.8, 4) is 0 Å². The summed E-state index contributed by atoms with van der Waals surface area (Å²) in [5.41, 5.74) is 0.984. The number of rotatable bonds is 4. The van der Waals surface area contributed by atoms with Crippen LogP contribution in [0, 0.1) is 5.92 Å². The molecule has 0 aliphatic carbocycles. The minimum absolute atomic E-state index is 0.142. The van der Waals surface area contributed by atoms with Crippen LogP contribution >= 0.6 is 11.3 Å². The zero-order valence-electron chi connectivity index (χ0n) is 11.1. The second-order valence-electron chi connectivity index (χ2n) is 4.87. The van der Waals surface area contributed by atoms with Gasteiger partial charge in [0, 0.05) is 19.1 Å². The molecular weight excluding hydrogens is 274 g/mol. The summed E-state index contributed by atoms with van der Waals surface area (Å²) in [6.07, 6.45) is 1.03. The second kappa shape index (κ2) is 6.19. The van der Waals surface area contributed by atoms with Crippen molar-refractivity contribution in [2.24, 2.45) is 5.92 Å². The van der Waals surface area contributed by atoms with Crippen LogP contribution in [0.2, 0.25) is 0 Å². The number of hydrogen-bond donors (Lipinski definition) is 2. The maximum atomic E-state index is 11.7. The van der Waals surface area contributed by atoms with Crippen LogP contribution in [-0.4, -0.2) is 30.8 Å². The van der Waals surface area contributed by atoms with E-state index in [2.05, 4.69) is 15.6 Å². The van der Waals surface area contributed by atoms with Gasteiger partial charge in [-0.15, -0.1) is 11.3 Å². The summed E-state index contributed by atoms with van der Waals surface area (Å²) in [5, 5.41) is 6.64. The Morgan fingerprint density at radius 3 is 3.10 bits per heavy atom. The van der Waals surface area contributed by atoms with Crippen LogP contribution in [0.25, 0.3) is 10.2 Å². The van der Waals surface area contributed by atoms with E-state index in [4.69, 9.17) is 4.74 Å². The van der Waals surface area contributed by atoms with Gasteiger partial charge in [0.05, 0.1) is 23.4 Å². The van der Waals surface area contributed by atoms with Gasteiger partial charge >= 0.3 is 6.03 Å². The fraction of sp³-hybridized carbons (Fsp3) is 0.429. The Hall–Kier alpha value is -1.66. The van der Waals surface area contributed by atoms with Crippen molar-refractivity contribution >= 4 is 27.6 Å². The molecule has 6 heteroatoms. The monoisotopic (exact) mass is 291 g/mol. The molecule has 1 aliphatic rings. The first kappa shape index (κ1) is 13.3. The number of carbonyl (C=O) groups excluding carboxylic acids is 1. The average molecular weight is 291 g/mol. The molecule has 5 nitrogen and oxygen atoms in total. The molecule has 2 amide bonds. The first-order valence-electron chi connectivity index (χ1n) is 6.75. The number of ether oxygens (including phenoxy) is 1. The normalized spacial score (nSPS) is 18.3. The van der Waals surface area contributed by atoms with Gasteiger partial charge in [-0.05, 0) is 18.6 Å². The molecule has 2 N–H and O–H groups in total. The molecule has 0 saturated carbocycles. The molecule has 1 aromatic heterocycles. The zero-order valence-corrected chi connectivity index (χ0v) is 11.9. The van der Waals surface area contributed by atoms with Crippen LogP contribution in [0.4, 0.5) is 4.79 Å². The van der Waals surface area contributed by atoms with E-state index >= 15 is 0 Å². The van der Waals surface area contributed by atoms with E-state index in [-0.39, 0.29) is 6.03 Å². The Balaban J connectivity index is 1.47. The number of carbonyl (C=O) groups is 1. The number of fused-ring (bicyclic) bond motifs is 1. The smallest absolute Gasteiger partial charge is 0.315 e. The van der Waals surface area contributed by atoms with Crippen LogP contribution < -0.4 is 10.6 Å². The highest BCUT2D eigenvalue weighted by Gasteiger charge is 2.16. The number of para-hydroxylation sites is 1. The van der Waals surface area contributed by atoms with E-state index in [0.717, 1.165) is 34.9 Å². The summed E-state index contributed by atoms with van der Waals surface area (Å²) in [4.78, 5) is 16.2. The van der Waals surface area contributed by atoms with Gasteiger partial charge in [-0.3, -0.25) is 0 Å². The maximum absolute atomic E-state index is 11.7. The Morgan fingerprint density at radius 1 is 1.40 bits per heavy atom. The average Bonchev–Trinajstić information content (AvgIpc) is 3.11. The number of hydrogen-bond acceptors (Lipinski definition) is 4. The van der Waals surface area contributed by atoms with Crippen LogP contribution in [0.5, 0.6) is 0 Å². The third-order valence-corrected chi connectivity index (χ3v) is 4.35. The maximum Gasteiger partial charge on any atom is 0.315 e. The Bertz CT molecular complexity index is 560. The molecule has 2 aromatic rings. The van der Waals surface area contributed by atoms with Gasteiger partial charge in [-0.2, -0.15) is 0 Å². The third kappa shape index (κ3) is 3.26. The zero-order chi connectivity index (χ0) is 13.8. The van der Waals surface area contributed by atoms with Gasteiger partial charge in [0.1, 0.15) is 5.01 Å². The van der Waals surface area contributed by atoms with Crippen LogP contribution in [-0.2, 0) is 11.3 Å². The van der Waals surface area contributed by atoms with Gasteiger partial charge in [-0.1, -0.05) is 12.1 Å². The molecule has 1 atom stereocenters. The molecule has 1 aliphatic heterocycles. The lowest BCUT2D eigenvalue weighted by Gasteiger charge is -2.09. The predicted octanol–water partition coefficient (Wildman–Crippen LogP) is 2.13. The largest absolute Gasteiger partial charge is 0.381 e. The highest BCUT2D eigenvalue weighted by atomic mass is 32.1. The van der Waals surface area contributed by atoms with Crippen molar-refractivity contribution in [1.82, 2.24) is 15.6 Å². The summed E-state index contributed by atoms with van der Waals surface area (Å²) >= 11 is 1.61. The van der Waals surface area contributed by atoms with Gasteiger partial charge < -0.3 is 15.4 Å². The van der Waals surface area contributed by atoms with E-state index in [0.29, 0.717) is 19.0 Å². The van der Waals surface area contributed by atoms with E-state index in [1.165, 1.54) is 0 Å². The number of urea groups is 1. The molecular formula is C14H17N3O2S. The molecule has 20 heavy (non-hydrogen) atoms. The van der Waals surface area contributed by atoms with E-state index in [1.54, 1.807) is 11.3 Å². The molecule has 1 aromatic carbocycles. The molecule has 2 heterocycles. The summed E-state index contributed by atoms with van der Waals surface area (Å²) in [6, 6.07) is 7.84. The summed E-state index contributed by atoms with van der Waals surface area (Å²) in [6.45, 7) is 2.69. The molecule has 106 valence electrons. The summed E-state index contributed by atoms with van der Waals surface area (Å²) in [7, 11) is 0. The van der Waals surface area contributed by atoms with Crippen molar-refractivity contribution in [3.63, 3.8) is 0 Å². The fourth-order valence-electron chi connectivity index (χ4n) is 2.20. The van der Waals surface area contributed by atoms with Gasteiger partial charge in [0.25, 0.3) is 0 Å². The van der Waals surface area contributed by atoms with E-state index < -0.39 is 0 Å². The summed E-state index contributed by atoms with van der Waals surface area (Å²) in [5.74, 6) is 0.447. The van der Waals surface area contributed by atoms with Crippen molar-refractivity contribution in [2.75, 3.05) is 19.8 Å². The van der Waals surface area contributed by atoms with Crippen molar-refractivity contribution in [3.05, 3.63) is 29.3 Å². The van der Waals surface area contributed by atoms with Crippen molar-refractivity contribution in [1.29, 1.82) is 0 Å². The van der Waals surface area contributed by atoms with Crippen molar-refractivity contribution in [2.45, 2.75) is 13.0 Å². The predicted molar refractivity (Wildman–Crippen MR) is 78.8 cm³/mol. The molecule has 3 rings (SSSR count). The minimum atomic E-state index is -0.142. The van der Waals surface area contributed by atoms with Crippen LogP contribution in [0.1, 0.15) is 11.4 Å². The van der Waals surface area contributed by atoms with Crippen molar-refractivity contribution < 1.29 is 9.53 Å².